The van der Waals surface area contributed by atoms with Crippen LogP contribution in [0, 0.1) is 12.3 Å². The minimum atomic E-state index is -0.699. The summed E-state index contributed by atoms with van der Waals surface area (Å²) >= 11 is 3.33. The highest BCUT2D eigenvalue weighted by molar-refractivity contribution is 9.10. The van der Waals surface area contributed by atoms with Crippen LogP contribution in [0.15, 0.2) is 22.7 Å². The Labute approximate surface area is 109 Å². The molecular weight excluding hydrogens is 284 g/mol. The maximum Gasteiger partial charge on any atom is 0.337 e. The van der Waals surface area contributed by atoms with E-state index in [0.717, 1.165) is 0 Å². The van der Waals surface area contributed by atoms with E-state index in [9.17, 15) is 4.79 Å². The molecule has 17 heavy (non-hydrogen) atoms. The molecule has 0 unspecified atom stereocenters. The Kier molecular flexibility index (Phi) is 4.19. The van der Waals surface area contributed by atoms with Gasteiger partial charge in [0.1, 0.15) is 5.75 Å². The van der Waals surface area contributed by atoms with Gasteiger partial charge in [-0.1, -0.05) is 5.92 Å². The molecular formula is C13H13BrO3. The van der Waals surface area contributed by atoms with Gasteiger partial charge in [-0.25, -0.2) is 4.79 Å². The largest absolute Gasteiger partial charge is 0.474 e. The third kappa shape index (κ3) is 3.50. The first-order chi connectivity index (χ1) is 7.89. The Hall–Kier alpha value is -1.47. The number of benzene rings is 1. The van der Waals surface area contributed by atoms with Gasteiger partial charge in [-0.15, -0.1) is 6.42 Å². The Morgan fingerprint density at radius 1 is 1.47 bits per heavy atom. The highest BCUT2D eigenvalue weighted by Gasteiger charge is 2.18. The second-order valence-corrected chi connectivity index (χ2v) is 4.75. The Morgan fingerprint density at radius 2 is 2.12 bits per heavy atom. The zero-order chi connectivity index (χ0) is 13.1. The lowest BCUT2D eigenvalue weighted by atomic mass is 10.1. The standard InChI is InChI=1S/C13H13BrO3/c1-5-13(2,3)17-11-7-6-9(8-10(11)14)12(15)16-4/h1,6-8H,2-4H3. The van der Waals surface area contributed by atoms with Gasteiger partial charge < -0.3 is 9.47 Å². The van der Waals surface area contributed by atoms with Crippen LogP contribution in [0.25, 0.3) is 0 Å². The molecule has 0 aliphatic rings. The van der Waals surface area contributed by atoms with E-state index in [1.165, 1.54) is 7.11 Å². The normalized spacial score (nSPS) is 10.5. The van der Waals surface area contributed by atoms with Crippen LogP contribution >= 0.6 is 15.9 Å². The summed E-state index contributed by atoms with van der Waals surface area (Å²) in [5, 5.41) is 0. The third-order valence-electron chi connectivity index (χ3n) is 2.07. The molecule has 0 atom stereocenters. The number of carbonyl (C=O) groups excluding carboxylic acids is 1. The monoisotopic (exact) mass is 296 g/mol. The molecule has 3 nitrogen and oxygen atoms in total. The molecule has 90 valence electrons. The fourth-order valence-electron chi connectivity index (χ4n) is 1.13. The number of hydrogen-bond acceptors (Lipinski definition) is 3. The van der Waals surface area contributed by atoms with E-state index in [1.54, 1.807) is 32.0 Å². The summed E-state index contributed by atoms with van der Waals surface area (Å²) in [5.74, 6) is 2.72. The highest BCUT2D eigenvalue weighted by Crippen LogP contribution is 2.29. The zero-order valence-corrected chi connectivity index (χ0v) is 11.5. The molecule has 1 aromatic rings. The van der Waals surface area contributed by atoms with E-state index in [2.05, 4.69) is 26.6 Å². The minimum Gasteiger partial charge on any atom is -0.474 e. The van der Waals surface area contributed by atoms with E-state index >= 15 is 0 Å². The van der Waals surface area contributed by atoms with Crippen LogP contribution in [0.3, 0.4) is 0 Å². The zero-order valence-electron chi connectivity index (χ0n) is 9.91. The van der Waals surface area contributed by atoms with Crippen LogP contribution in [0.2, 0.25) is 0 Å². The molecule has 0 aliphatic carbocycles. The highest BCUT2D eigenvalue weighted by atomic mass is 79.9. The van der Waals surface area contributed by atoms with Crippen molar-refractivity contribution >= 4 is 21.9 Å². The van der Waals surface area contributed by atoms with Crippen molar-refractivity contribution in [1.29, 1.82) is 0 Å². The number of ether oxygens (including phenoxy) is 2. The van der Waals surface area contributed by atoms with Crippen LogP contribution in [-0.4, -0.2) is 18.7 Å². The van der Waals surface area contributed by atoms with Crippen molar-refractivity contribution in [2.45, 2.75) is 19.4 Å². The first kappa shape index (κ1) is 13.6. The van der Waals surface area contributed by atoms with Gasteiger partial charge in [0, 0.05) is 0 Å². The van der Waals surface area contributed by atoms with Crippen molar-refractivity contribution in [3.8, 4) is 18.1 Å². The number of rotatable bonds is 3. The summed E-state index contributed by atoms with van der Waals surface area (Å²) in [4.78, 5) is 11.3. The average molecular weight is 297 g/mol. The van der Waals surface area contributed by atoms with Gasteiger partial charge in [-0.2, -0.15) is 0 Å². The molecule has 0 heterocycles. The summed E-state index contributed by atoms with van der Waals surface area (Å²) < 4.78 is 10.9. The van der Waals surface area contributed by atoms with Crippen LogP contribution < -0.4 is 4.74 Å². The van der Waals surface area contributed by atoms with Crippen LogP contribution in [0.5, 0.6) is 5.75 Å². The molecule has 0 radical (unpaired) electrons. The predicted molar refractivity (Wildman–Crippen MR) is 69.0 cm³/mol. The summed E-state index contributed by atoms with van der Waals surface area (Å²) in [6.45, 7) is 3.57. The SMILES string of the molecule is C#CC(C)(C)Oc1ccc(C(=O)OC)cc1Br. The molecule has 0 spiro atoms. The quantitative estimate of drug-likeness (QED) is 0.635. The van der Waals surface area contributed by atoms with E-state index in [1.807, 2.05) is 0 Å². The number of esters is 1. The lowest BCUT2D eigenvalue weighted by molar-refractivity contribution is 0.0600. The summed E-state index contributed by atoms with van der Waals surface area (Å²) in [6.07, 6.45) is 5.34. The lowest BCUT2D eigenvalue weighted by Crippen LogP contribution is -2.25. The van der Waals surface area contributed by atoms with Crippen LogP contribution in [0.4, 0.5) is 0 Å². The first-order valence-corrected chi connectivity index (χ1v) is 5.73. The predicted octanol–water partition coefficient (Wildman–Crippen LogP) is 3.03. The third-order valence-corrected chi connectivity index (χ3v) is 2.69. The van der Waals surface area contributed by atoms with E-state index in [-0.39, 0.29) is 0 Å². The average Bonchev–Trinajstić information content (AvgIpc) is 2.30. The maximum absolute atomic E-state index is 11.3. The van der Waals surface area contributed by atoms with Gasteiger partial charge in [0.15, 0.2) is 5.60 Å². The Morgan fingerprint density at radius 3 is 2.59 bits per heavy atom. The first-order valence-electron chi connectivity index (χ1n) is 4.94. The fraction of sp³-hybridized carbons (Fsp3) is 0.308. The van der Waals surface area contributed by atoms with E-state index in [0.29, 0.717) is 15.8 Å². The van der Waals surface area contributed by atoms with Gasteiger partial charge in [0.2, 0.25) is 0 Å². The van der Waals surface area contributed by atoms with Crippen molar-refractivity contribution in [1.82, 2.24) is 0 Å². The molecule has 1 aromatic carbocycles. The molecule has 0 saturated carbocycles. The maximum atomic E-state index is 11.3. The van der Waals surface area contributed by atoms with Gasteiger partial charge >= 0.3 is 5.97 Å². The second kappa shape index (κ2) is 5.24. The number of terminal acetylenes is 1. The van der Waals surface area contributed by atoms with Gasteiger partial charge in [-0.05, 0) is 48.0 Å². The molecule has 0 aromatic heterocycles. The smallest absolute Gasteiger partial charge is 0.337 e. The Bertz CT molecular complexity index is 472. The molecule has 1 rings (SSSR count). The topological polar surface area (TPSA) is 35.5 Å². The van der Waals surface area contributed by atoms with Crippen molar-refractivity contribution in [3.63, 3.8) is 0 Å². The molecule has 0 aliphatic heterocycles. The molecule has 0 amide bonds. The number of halogens is 1. The molecule has 0 N–H and O–H groups in total. The molecule has 0 bridgehead atoms. The Balaban J connectivity index is 2.99. The summed E-state index contributed by atoms with van der Waals surface area (Å²) in [5.41, 5.74) is -0.250. The number of methoxy groups -OCH3 is 1. The molecule has 0 saturated heterocycles. The van der Waals surface area contributed by atoms with Gasteiger partial charge in [0.25, 0.3) is 0 Å². The van der Waals surface area contributed by atoms with Crippen LogP contribution in [-0.2, 0) is 4.74 Å². The van der Waals surface area contributed by atoms with Gasteiger partial charge in [-0.3, -0.25) is 0 Å². The number of carbonyl (C=O) groups is 1. The van der Waals surface area contributed by atoms with Crippen molar-refractivity contribution in [2.75, 3.05) is 7.11 Å². The summed E-state index contributed by atoms with van der Waals surface area (Å²) in [6, 6.07) is 4.93. The van der Waals surface area contributed by atoms with Crippen molar-refractivity contribution < 1.29 is 14.3 Å². The lowest BCUT2D eigenvalue weighted by Gasteiger charge is -2.21. The van der Waals surface area contributed by atoms with Crippen molar-refractivity contribution in [2.24, 2.45) is 0 Å². The van der Waals surface area contributed by atoms with E-state index < -0.39 is 11.6 Å². The van der Waals surface area contributed by atoms with Crippen LogP contribution in [0.1, 0.15) is 24.2 Å². The minimum absolute atomic E-state index is 0.395. The molecule has 0 fully saturated rings. The molecule has 4 heteroatoms. The second-order valence-electron chi connectivity index (χ2n) is 3.89. The fourth-order valence-corrected chi connectivity index (χ4v) is 1.59. The van der Waals surface area contributed by atoms with Gasteiger partial charge in [0.05, 0.1) is 17.1 Å². The summed E-state index contributed by atoms with van der Waals surface area (Å²) in [7, 11) is 1.34. The van der Waals surface area contributed by atoms with Crippen molar-refractivity contribution in [3.05, 3.63) is 28.2 Å². The number of hydrogen-bond donors (Lipinski definition) is 0. The van der Waals surface area contributed by atoms with E-state index in [4.69, 9.17) is 11.2 Å².